The van der Waals surface area contributed by atoms with Crippen LogP contribution in [-0.4, -0.2) is 22.4 Å². The van der Waals surface area contributed by atoms with Gasteiger partial charge in [-0.3, -0.25) is 0 Å². The lowest BCUT2D eigenvalue weighted by Crippen LogP contribution is -2.44. The molecule has 0 spiro atoms. The second-order valence-corrected chi connectivity index (χ2v) is 5.95. The van der Waals surface area contributed by atoms with Gasteiger partial charge in [0.15, 0.2) is 0 Å². The summed E-state index contributed by atoms with van der Waals surface area (Å²) in [5, 5.41) is 23.4. The predicted octanol–water partition coefficient (Wildman–Crippen LogP) is 2.66. The lowest BCUT2D eigenvalue weighted by atomic mass is 9.85. The van der Waals surface area contributed by atoms with Crippen LogP contribution in [0, 0.1) is 0 Å². The largest absolute Gasteiger partial charge is 0.508 e. The van der Waals surface area contributed by atoms with E-state index in [9.17, 15) is 10.2 Å². The Morgan fingerprint density at radius 3 is 2.74 bits per heavy atom. The third-order valence-corrected chi connectivity index (χ3v) is 4.59. The molecule has 0 heterocycles. The fourth-order valence-electron chi connectivity index (χ4n) is 3.52. The number of benzene rings is 1. The highest BCUT2D eigenvalue weighted by molar-refractivity contribution is 5.38. The SMILES string of the molecule is Oc1ccc2c(c1)C(NC1CCCCC1O)CCC2. The summed E-state index contributed by atoms with van der Waals surface area (Å²) in [5.74, 6) is 0.344. The van der Waals surface area contributed by atoms with Gasteiger partial charge in [0.1, 0.15) is 5.75 Å². The van der Waals surface area contributed by atoms with Gasteiger partial charge in [0.05, 0.1) is 6.10 Å². The lowest BCUT2D eigenvalue weighted by Gasteiger charge is -2.35. The first-order valence-corrected chi connectivity index (χ1v) is 7.50. The Kier molecular flexibility index (Phi) is 3.76. The van der Waals surface area contributed by atoms with Gasteiger partial charge < -0.3 is 15.5 Å². The standard InChI is InChI=1S/C16H23NO2/c18-12-9-8-11-4-3-6-14(13(11)10-12)17-15-5-1-2-7-16(15)19/h8-10,14-19H,1-7H2. The molecule has 0 radical (unpaired) electrons. The van der Waals surface area contributed by atoms with Crippen LogP contribution in [0.25, 0.3) is 0 Å². The second kappa shape index (κ2) is 5.51. The van der Waals surface area contributed by atoms with Crippen LogP contribution in [0.1, 0.15) is 55.7 Å². The Morgan fingerprint density at radius 1 is 1.05 bits per heavy atom. The molecule has 0 amide bonds. The molecule has 3 nitrogen and oxygen atoms in total. The summed E-state index contributed by atoms with van der Waals surface area (Å²) in [4.78, 5) is 0. The predicted molar refractivity (Wildman–Crippen MR) is 75.2 cm³/mol. The van der Waals surface area contributed by atoms with E-state index in [2.05, 4.69) is 5.32 Å². The molecule has 3 N–H and O–H groups in total. The molecule has 0 aromatic heterocycles. The van der Waals surface area contributed by atoms with Crippen molar-refractivity contribution in [2.75, 3.05) is 0 Å². The Morgan fingerprint density at radius 2 is 1.89 bits per heavy atom. The average molecular weight is 261 g/mol. The first kappa shape index (κ1) is 12.9. The summed E-state index contributed by atoms with van der Waals surface area (Å²) >= 11 is 0. The minimum Gasteiger partial charge on any atom is -0.508 e. The van der Waals surface area contributed by atoms with E-state index in [0.717, 1.165) is 32.1 Å². The number of aliphatic hydroxyl groups is 1. The molecule has 104 valence electrons. The van der Waals surface area contributed by atoms with Crippen LogP contribution in [0.4, 0.5) is 0 Å². The number of hydrogen-bond acceptors (Lipinski definition) is 3. The summed E-state index contributed by atoms with van der Waals surface area (Å²) < 4.78 is 0. The number of aryl methyl sites for hydroxylation is 1. The molecule has 1 aromatic carbocycles. The number of rotatable bonds is 2. The van der Waals surface area contributed by atoms with E-state index < -0.39 is 0 Å². The Hall–Kier alpha value is -1.06. The second-order valence-electron chi connectivity index (χ2n) is 5.95. The van der Waals surface area contributed by atoms with E-state index in [1.54, 1.807) is 6.07 Å². The number of hydrogen-bond donors (Lipinski definition) is 3. The van der Waals surface area contributed by atoms with Gasteiger partial charge in [-0.1, -0.05) is 18.9 Å². The summed E-state index contributed by atoms with van der Waals surface area (Å²) in [6.45, 7) is 0. The van der Waals surface area contributed by atoms with Crippen LogP contribution >= 0.6 is 0 Å². The molecule has 3 unspecified atom stereocenters. The molecule has 1 aromatic rings. The van der Waals surface area contributed by atoms with Crippen LogP contribution in [-0.2, 0) is 6.42 Å². The maximum absolute atomic E-state index is 10.1. The quantitative estimate of drug-likeness (QED) is 0.767. The van der Waals surface area contributed by atoms with Crippen molar-refractivity contribution in [2.24, 2.45) is 0 Å². The zero-order valence-corrected chi connectivity index (χ0v) is 11.3. The fourth-order valence-corrected chi connectivity index (χ4v) is 3.52. The highest BCUT2D eigenvalue weighted by Gasteiger charge is 2.28. The molecule has 1 fully saturated rings. The van der Waals surface area contributed by atoms with E-state index in [0.29, 0.717) is 5.75 Å². The summed E-state index contributed by atoms with van der Waals surface area (Å²) in [5.41, 5.74) is 2.57. The van der Waals surface area contributed by atoms with Gasteiger partial charge >= 0.3 is 0 Å². The summed E-state index contributed by atoms with van der Waals surface area (Å²) in [6, 6.07) is 6.20. The number of fused-ring (bicyclic) bond motifs is 1. The lowest BCUT2D eigenvalue weighted by molar-refractivity contribution is 0.0834. The van der Waals surface area contributed by atoms with Crippen LogP contribution < -0.4 is 5.32 Å². The van der Waals surface area contributed by atoms with Gasteiger partial charge in [-0.15, -0.1) is 0 Å². The van der Waals surface area contributed by atoms with E-state index in [1.807, 2.05) is 12.1 Å². The van der Waals surface area contributed by atoms with E-state index in [4.69, 9.17) is 0 Å². The first-order chi connectivity index (χ1) is 9.24. The Balaban J connectivity index is 1.77. The highest BCUT2D eigenvalue weighted by atomic mass is 16.3. The van der Waals surface area contributed by atoms with Crippen molar-refractivity contribution in [2.45, 2.75) is 63.1 Å². The molecule has 2 aliphatic carbocycles. The topological polar surface area (TPSA) is 52.5 Å². The molecule has 3 atom stereocenters. The summed E-state index contributed by atoms with van der Waals surface area (Å²) in [7, 11) is 0. The van der Waals surface area contributed by atoms with Crippen molar-refractivity contribution in [1.82, 2.24) is 5.32 Å². The Bertz CT molecular complexity index is 446. The van der Waals surface area contributed by atoms with E-state index in [1.165, 1.54) is 24.0 Å². The highest BCUT2D eigenvalue weighted by Crippen LogP contribution is 2.33. The maximum atomic E-state index is 10.1. The van der Waals surface area contributed by atoms with Crippen LogP contribution in [0.5, 0.6) is 5.75 Å². The van der Waals surface area contributed by atoms with Crippen LogP contribution in [0.2, 0.25) is 0 Å². The normalized spacial score (nSPS) is 30.9. The summed E-state index contributed by atoms with van der Waals surface area (Å²) in [6.07, 6.45) is 7.48. The number of aliphatic hydroxyl groups excluding tert-OH is 1. The fraction of sp³-hybridized carbons (Fsp3) is 0.625. The van der Waals surface area contributed by atoms with Crippen molar-refractivity contribution in [3.8, 4) is 5.75 Å². The van der Waals surface area contributed by atoms with Crippen molar-refractivity contribution in [3.63, 3.8) is 0 Å². The van der Waals surface area contributed by atoms with Crippen molar-refractivity contribution < 1.29 is 10.2 Å². The third kappa shape index (κ3) is 2.77. The molecule has 0 aliphatic heterocycles. The Labute approximate surface area is 114 Å². The van der Waals surface area contributed by atoms with Crippen molar-refractivity contribution in [1.29, 1.82) is 0 Å². The third-order valence-electron chi connectivity index (χ3n) is 4.59. The molecular weight excluding hydrogens is 238 g/mol. The molecule has 1 saturated carbocycles. The van der Waals surface area contributed by atoms with Gasteiger partial charge in [-0.25, -0.2) is 0 Å². The smallest absolute Gasteiger partial charge is 0.115 e. The minimum absolute atomic E-state index is 0.212. The van der Waals surface area contributed by atoms with E-state index >= 15 is 0 Å². The first-order valence-electron chi connectivity index (χ1n) is 7.50. The minimum atomic E-state index is -0.212. The van der Waals surface area contributed by atoms with Gasteiger partial charge in [-0.05, 0) is 55.4 Å². The molecule has 3 rings (SSSR count). The zero-order chi connectivity index (χ0) is 13.2. The monoisotopic (exact) mass is 261 g/mol. The van der Waals surface area contributed by atoms with Gasteiger partial charge in [-0.2, -0.15) is 0 Å². The number of nitrogens with one attached hydrogen (secondary N) is 1. The van der Waals surface area contributed by atoms with Crippen LogP contribution in [0.15, 0.2) is 18.2 Å². The molecule has 19 heavy (non-hydrogen) atoms. The number of aromatic hydroxyl groups is 1. The van der Waals surface area contributed by atoms with Crippen molar-refractivity contribution >= 4 is 0 Å². The number of phenolic OH excluding ortho intramolecular Hbond substituents is 1. The van der Waals surface area contributed by atoms with Crippen LogP contribution in [0.3, 0.4) is 0 Å². The molecule has 0 saturated heterocycles. The molecule has 2 aliphatic rings. The average Bonchev–Trinajstić information content (AvgIpc) is 2.42. The molecular formula is C16H23NO2. The van der Waals surface area contributed by atoms with E-state index in [-0.39, 0.29) is 18.2 Å². The zero-order valence-electron chi connectivity index (χ0n) is 11.3. The van der Waals surface area contributed by atoms with Gasteiger partial charge in [0, 0.05) is 12.1 Å². The maximum Gasteiger partial charge on any atom is 0.115 e. The number of phenols is 1. The molecule has 3 heteroatoms. The van der Waals surface area contributed by atoms with Gasteiger partial charge in [0.25, 0.3) is 0 Å². The van der Waals surface area contributed by atoms with Gasteiger partial charge in [0.2, 0.25) is 0 Å². The van der Waals surface area contributed by atoms with Crippen molar-refractivity contribution in [3.05, 3.63) is 29.3 Å². The molecule has 0 bridgehead atoms.